The molecule has 0 unspecified atom stereocenters. The fraction of sp³-hybridized carbons (Fsp3) is 0.476. The molecule has 0 radical (unpaired) electrons. The van der Waals surface area contributed by atoms with Crippen LogP contribution in [0.1, 0.15) is 38.5 Å². The fourth-order valence-corrected chi connectivity index (χ4v) is 5.02. The van der Waals surface area contributed by atoms with Crippen molar-refractivity contribution in [2.75, 3.05) is 18.1 Å². The number of amides is 1. The Balaban J connectivity index is 1.67. The molecule has 1 aromatic carbocycles. The van der Waals surface area contributed by atoms with Gasteiger partial charge in [0, 0.05) is 6.04 Å². The van der Waals surface area contributed by atoms with E-state index in [1.54, 1.807) is 17.0 Å². The van der Waals surface area contributed by atoms with Crippen LogP contribution in [0, 0.1) is 0 Å². The molecule has 0 bridgehead atoms. The second-order valence-corrected chi connectivity index (χ2v) is 10.4. The predicted octanol–water partition coefficient (Wildman–Crippen LogP) is 3.17. The van der Waals surface area contributed by atoms with Crippen LogP contribution in [0.4, 0.5) is 0 Å². The Morgan fingerprint density at radius 2 is 1.93 bits per heavy atom. The van der Waals surface area contributed by atoms with Gasteiger partial charge in [-0.05, 0) is 41.7 Å². The first-order chi connectivity index (χ1) is 13.1. The number of carbonyl (C=O) groups is 1. The van der Waals surface area contributed by atoms with Gasteiger partial charge in [0.05, 0.1) is 24.3 Å². The predicted molar refractivity (Wildman–Crippen MR) is 107 cm³/mol. The molecule has 1 atom stereocenters. The lowest BCUT2D eigenvalue weighted by Gasteiger charge is -2.27. The fourth-order valence-electron chi connectivity index (χ4n) is 3.29. The molecule has 0 N–H and O–H groups in total. The van der Waals surface area contributed by atoms with Gasteiger partial charge in [0.25, 0.3) is 5.91 Å². The summed E-state index contributed by atoms with van der Waals surface area (Å²) in [5.41, 5.74) is 1.23. The van der Waals surface area contributed by atoms with Gasteiger partial charge < -0.3 is 14.1 Å². The maximum Gasteiger partial charge on any atom is 0.261 e. The van der Waals surface area contributed by atoms with Gasteiger partial charge in [-0.15, -0.1) is 0 Å². The van der Waals surface area contributed by atoms with E-state index in [-0.39, 0.29) is 42.0 Å². The zero-order valence-electron chi connectivity index (χ0n) is 16.6. The zero-order valence-corrected chi connectivity index (χ0v) is 17.4. The highest BCUT2D eigenvalue weighted by atomic mass is 32.2. The molecule has 28 heavy (non-hydrogen) atoms. The highest BCUT2D eigenvalue weighted by Crippen LogP contribution is 2.25. The van der Waals surface area contributed by atoms with Crippen molar-refractivity contribution in [3.63, 3.8) is 0 Å². The van der Waals surface area contributed by atoms with E-state index in [1.807, 2.05) is 24.3 Å². The Labute approximate surface area is 166 Å². The second-order valence-electron chi connectivity index (χ2n) is 8.22. The third-order valence-corrected chi connectivity index (χ3v) is 6.71. The van der Waals surface area contributed by atoms with E-state index in [9.17, 15) is 13.2 Å². The molecule has 6 nitrogen and oxygen atoms in total. The number of furan rings is 1. The number of hydrogen-bond acceptors (Lipinski definition) is 5. The molecule has 1 saturated heterocycles. The average Bonchev–Trinajstić information content (AvgIpc) is 3.26. The molecule has 1 aliphatic rings. The van der Waals surface area contributed by atoms with Gasteiger partial charge in [-0.2, -0.15) is 0 Å². The summed E-state index contributed by atoms with van der Waals surface area (Å²) in [6, 6.07) is 10.9. The van der Waals surface area contributed by atoms with Crippen LogP contribution >= 0.6 is 0 Å². The largest absolute Gasteiger partial charge is 0.484 e. The third kappa shape index (κ3) is 5.16. The van der Waals surface area contributed by atoms with Gasteiger partial charge in [0.15, 0.2) is 16.4 Å². The van der Waals surface area contributed by atoms with Gasteiger partial charge in [-0.25, -0.2) is 8.42 Å². The Morgan fingerprint density at radius 1 is 1.21 bits per heavy atom. The van der Waals surface area contributed by atoms with Gasteiger partial charge in [0.2, 0.25) is 0 Å². The second kappa shape index (κ2) is 7.99. The topological polar surface area (TPSA) is 76.8 Å². The summed E-state index contributed by atoms with van der Waals surface area (Å²) < 4.78 is 34.8. The van der Waals surface area contributed by atoms with E-state index in [0.717, 1.165) is 0 Å². The smallest absolute Gasteiger partial charge is 0.261 e. The quantitative estimate of drug-likeness (QED) is 0.738. The Morgan fingerprint density at radius 3 is 2.46 bits per heavy atom. The molecule has 0 aliphatic carbocycles. The van der Waals surface area contributed by atoms with Gasteiger partial charge in [0.1, 0.15) is 11.5 Å². The van der Waals surface area contributed by atoms with Crippen molar-refractivity contribution in [3.8, 4) is 5.75 Å². The molecule has 0 spiro atoms. The molecule has 2 aromatic rings. The van der Waals surface area contributed by atoms with Gasteiger partial charge >= 0.3 is 0 Å². The lowest BCUT2D eigenvalue weighted by Crippen LogP contribution is -2.43. The summed E-state index contributed by atoms with van der Waals surface area (Å²) in [7, 11) is -3.10. The Bertz CT molecular complexity index is 895. The maximum atomic E-state index is 12.8. The van der Waals surface area contributed by atoms with E-state index in [0.29, 0.717) is 17.9 Å². The van der Waals surface area contributed by atoms with Crippen molar-refractivity contribution in [2.45, 2.75) is 45.2 Å². The standard InChI is InChI=1S/C21H27NO5S/c1-21(2,3)16-6-8-18(9-7-16)27-14-20(23)22(13-19-5-4-11-26-19)17-10-12-28(24,25)15-17/h4-9,11,17H,10,12-15H2,1-3H3/t17-/m1/s1. The van der Waals surface area contributed by atoms with Gasteiger partial charge in [-0.3, -0.25) is 4.79 Å². The SMILES string of the molecule is CC(C)(C)c1ccc(OCC(=O)N(Cc2ccco2)[C@@H]2CCS(=O)(=O)C2)cc1. The Hall–Kier alpha value is -2.28. The van der Waals surface area contributed by atoms with E-state index in [1.165, 1.54) is 11.8 Å². The number of hydrogen-bond donors (Lipinski definition) is 0. The zero-order chi connectivity index (χ0) is 20.4. The van der Waals surface area contributed by atoms with Crippen molar-refractivity contribution in [1.82, 2.24) is 4.90 Å². The highest BCUT2D eigenvalue weighted by Gasteiger charge is 2.35. The molecular weight excluding hydrogens is 378 g/mol. The summed E-state index contributed by atoms with van der Waals surface area (Å²) in [4.78, 5) is 14.4. The number of ether oxygens (including phenoxy) is 1. The van der Waals surface area contributed by atoms with Crippen LogP contribution in [0.3, 0.4) is 0 Å². The van der Waals surface area contributed by atoms with Gasteiger partial charge in [-0.1, -0.05) is 32.9 Å². The van der Waals surface area contributed by atoms with Crippen molar-refractivity contribution in [2.24, 2.45) is 0 Å². The third-order valence-electron chi connectivity index (χ3n) is 4.96. The van der Waals surface area contributed by atoms with Crippen molar-refractivity contribution in [1.29, 1.82) is 0 Å². The molecular formula is C21H27NO5S. The monoisotopic (exact) mass is 405 g/mol. The first-order valence-electron chi connectivity index (χ1n) is 9.40. The summed E-state index contributed by atoms with van der Waals surface area (Å²) in [5.74, 6) is 1.07. The number of nitrogens with zero attached hydrogens (tertiary/aromatic N) is 1. The molecule has 1 amide bonds. The number of rotatable bonds is 6. The molecule has 1 aliphatic heterocycles. The van der Waals surface area contributed by atoms with Crippen molar-refractivity contribution >= 4 is 15.7 Å². The molecule has 1 aromatic heterocycles. The van der Waals surface area contributed by atoms with Crippen LogP contribution in [0.25, 0.3) is 0 Å². The van der Waals surface area contributed by atoms with E-state index in [4.69, 9.17) is 9.15 Å². The number of carbonyl (C=O) groups excluding carboxylic acids is 1. The van der Waals surface area contributed by atoms with Crippen LogP contribution in [0.5, 0.6) is 5.75 Å². The molecule has 2 heterocycles. The van der Waals surface area contributed by atoms with Crippen molar-refractivity contribution in [3.05, 3.63) is 54.0 Å². The first kappa shape index (κ1) is 20.5. The van der Waals surface area contributed by atoms with Crippen LogP contribution in [-0.2, 0) is 26.6 Å². The molecule has 1 fully saturated rings. The number of sulfone groups is 1. The molecule has 3 rings (SSSR count). The van der Waals surface area contributed by atoms with Crippen LogP contribution < -0.4 is 4.74 Å². The minimum absolute atomic E-state index is 0.0142. The van der Waals surface area contributed by atoms with E-state index >= 15 is 0 Å². The molecule has 0 saturated carbocycles. The first-order valence-corrected chi connectivity index (χ1v) is 11.2. The Kier molecular flexibility index (Phi) is 5.84. The summed E-state index contributed by atoms with van der Waals surface area (Å²) in [6.45, 7) is 6.49. The minimum atomic E-state index is -3.10. The van der Waals surface area contributed by atoms with Crippen LogP contribution in [0.15, 0.2) is 47.1 Å². The number of benzene rings is 1. The highest BCUT2D eigenvalue weighted by molar-refractivity contribution is 7.91. The average molecular weight is 406 g/mol. The van der Waals surface area contributed by atoms with Crippen LogP contribution in [0.2, 0.25) is 0 Å². The normalized spacial score (nSPS) is 18.8. The van der Waals surface area contributed by atoms with Crippen molar-refractivity contribution < 1.29 is 22.4 Å². The maximum absolute atomic E-state index is 12.8. The van der Waals surface area contributed by atoms with E-state index < -0.39 is 9.84 Å². The summed E-state index contributed by atoms with van der Waals surface area (Å²) in [6.07, 6.45) is 1.98. The van der Waals surface area contributed by atoms with E-state index in [2.05, 4.69) is 20.8 Å². The lowest BCUT2D eigenvalue weighted by molar-refractivity contribution is -0.136. The summed E-state index contributed by atoms with van der Waals surface area (Å²) >= 11 is 0. The van der Waals surface area contributed by atoms with Crippen LogP contribution in [-0.4, -0.2) is 43.4 Å². The minimum Gasteiger partial charge on any atom is -0.484 e. The molecule has 152 valence electrons. The lowest BCUT2D eigenvalue weighted by atomic mass is 9.87. The summed E-state index contributed by atoms with van der Waals surface area (Å²) in [5, 5.41) is 0. The molecule has 7 heteroatoms.